The van der Waals surface area contributed by atoms with Gasteiger partial charge in [0.2, 0.25) is 12.7 Å². The van der Waals surface area contributed by atoms with Crippen molar-refractivity contribution in [3.63, 3.8) is 0 Å². The normalized spacial score (nSPS) is 12.4. The number of carbonyl (C=O) groups excluding carboxylic acids is 1. The zero-order valence-corrected chi connectivity index (χ0v) is 14.9. The van der Waals surface area contributed by atoms with Crippen LogP contribution in [0.2, 0.25) is 0 Å². The highest BCUT2D eigenvalue weighted by Gasteiger charge is 2.13. The molecule has 7 heteroatoms. The molecule has 0 saturated heterocycles. The molecule has 1 aliphatic rings. The Labute approximate surface area is 155 Å². The van der Waals surface area contributed by atoms with Gasteiger partial charge in [0, 0.05) is 19.5 Å². The Morgan fingerprint density at radius 1 is 1.15 bits per heavy atom. The molecule has 7 nitrogen and oxygen atoms in total. The van der Waals surface area contributed by atoms with E-state index in [0.29, 0.717) is 32.4 Å². The Kier molecular flexibility index (Phi) is 4.82. The lowest BCUT2D eigenvalue weighted by Crippen LogP contribution is -2.26. The van der Waals surface area contributed by atoms with Crippen LogP contribution < -0.4 is 20.5 Å². The topological polar surface area (TPSA) is 85.3 Å². The second kappa shape index (κ2) is 7.57. The van der Waals surface area contributed by atoms with Crippen molar-refractivity contribution < 1.29 is 14.3 Å². The summed E-state index contributed by atoms with van der Waals surface area (Å²) in [5, 5.41) is 2.91. The van der Waals surface area contributed by atoms with Crippen molar-refractivity contribution in [2.75, 3.05) is 13.3 Å². The Morgan fingerprint density at radius 3 is 2.93 bits per heavy atom. The van der Waals surface area contributed by atoms with Gasteiger partial charge in [0.25, 0.3) is 0 Å². The molecule has 2 aromatic carbocycles. The number of para-hydroxylation sites is 2. The minimum Gasteiger partial charge on any atom is -0.454 e. The minimum atomic E-state index is -0.120. The van der Waals surface area contributed by atoms with Gasteiger partial charge in [0.1, 0.15) is 0 Å². The van der Waals surface area contributed by atoms with Crippen LogP contribution in [0.5, 0.6) is 11.5 Å². The number of hydrogen-bond acceptors (Lipinski definition) is 4. The van der Waals surface area contributed by atoms with Crippen LogP contribution in [0.25, 0.3) is 11.0 Å². The van der Waals surface area contributed by atoms with Crippen LogP contribution in [0, 0.1) is 0 Å². The first kappa shape index (κ1) is 17.2. The van der Waals surface area contributed by atoms with E-state index in [9.17, 15) is 9.59 Å². The molecule has 4 rings (SSSR count). The van der Waals surface area contributed by atoms with Crippen molar-refractivity contribution in [3.8, 4) is 11.5 Å². The highest BCUT2D eigenvalue weighted by Crippen LogP contribution is 2.32. The maximum atomic E-state index is 12.0. The number of aromatic nitrogens is 2. The Morgan fingerprint density at radius 2 is 2.00 bits per heavy atom. The van der Waals surface area contributed by atoms with Gasteiger partial charge in [-0.3, -0.25) is 9.36 Å². The van der Waals surface area contributed by atoms with Gasteiger partial charge >= 0.3 is 5.69 Å². The molecule has 140 valence electrons. The van der Waals surface area contributed by atoms with Crippen molar-refractivity contribution >= 4 is 16.9 Å². The highest BCUT2D eigenvalue weighted by molar-refractivity contribution is 5.76. The van der Waals surface area contributed by atoms with Crippen molar-refractivity contribution in [1.82, 2.24) is 14.9 Å². The van der Waals surface area contributed by atoms with Crippen LogP contribution >= 0.6 is 0 Å². The third kappa shape index (κ3) is 3.81. The summed E-state index contributed by atoms with van der Waals surface area (Å²) in [4.78, 5) is 26.9. The number of hydrogen-bond donors (Lipinski definition) is 2. The van der Waals surface area contributed by atoms with Crippen molar-refractivity contribution in [1.29, 1.82) is 0 Å². The average molecular weight is 367 g/mol. The maximum Gasteiger partial charge on any atom is 0.326 e. The van der Waals surface area contributed by atoms with Gasteiger partial charge in [-0.2, -0.15) is 0 Å². The predicted molar refractivity (Wildman–Crippen MR) is 101 cm³/mol. The van der Waals surface area contributed by atoms with E-state index < -0.39 is 0 Å². The molecule has 3 aromatic rings. The molecule has 0 fully saturated rings. The number of fused-ring (bicyclic) bond motifs is 2. The molecule has 2 heterocycles. The molecular weight excluding hydrogens is 346 g/mol. The molecule has 0 spiro atoms. The molecule has 1 amide bonds. The summed E-state index contributed by atoms with van der Waals surface area (Å²) >= 11 is 0. The Bertz CT molecular complexity index is 1020. The number of aromatic amines is 1. The summed E-state index contributed by atoms with van der Waals surface area (Å²) in [6.07, 6.45) is 1.74. The number of carbonyl (C=O) groups is 1. The lowest BCUT2D eigenvalue weighted by Gasteiger charge is -2.07. The maximum absolute atomic E-state index is 12.0. The number of nitrogens with one attached hydrogen (secondary N) is 2. The lowest BCUT2D eigenvalue weighted by molar-refractivity contribution is -0.121. The molecule has 0 saturated carbocycles. The quantitative estimate of drug-likeness (QED) is 0.627. The summed E-state index contributed by atoms with van der Waals surface area (Å²) < 4.78 is 12.3. The molecule has 27 heavy (non-hydrogen) atoms. The molecule has 0 unspecified atom stereocenters. The van der Waals surface area contributed by atoms with E-state index in [-0.39, 0.29) is 18.4 Å². The minimum absolute atomic E-state index is 0.000981. The first-order chi connectivity index (χ1) is 13.2. The number of rotatable bonds is 7. The zero-order chi connectivity index (χ0) is 18.6. The van der Waals surface area contributed by atoms with Crippen LogP contribution in [-0.4, -0.2) is 28.8 Å². The molecule has 0 atom stereocenters. The second-order valence-corrected chi connectivity index (χ2v) is 6.49. The number of benzene rings is 2. The van der Waals surface area contributed by atoms with Gasteiger partial charge in [0.15, 0.2) is 11.5 Å². The number of aryl methyl sites for hydroxylation is 2. The number of nitrogens with zero attached hydrogens (tertiary/aromatic N) is 1. The first-order valence-corrected chi connectivity index (χ1v) is 9.03. The molecule has 0 bridgehead atoms. The Balaban J connectivity index is 1.23. The SMILES string of the molecule is O=C(CCc1ccc2c(c1)OCO2)NCCCn1c(=O)[nH]c2ccccc21. The smallest absolute Gasteiger partial charge is 0.326 e. The monoisotopic (exact) mass is 367 g/mol. The fourth-order valence-corrected chi connectivity index (χ4v) is 3.24. The summed E-state index contributed by atoms with van der Waals surface area (Å²) in [6, 6.07) is 13.3. The van der Waals surface area contributed by atoms with E-state index >= 15 is 0 Å². The van der Waals surface area contributed by atoms with Crippen LogP contribution in [0.15, 0.2) is 47.3 Å². The standard InChI is InChI=1S/C20H21N3O4/c24-19(9-7-14-6-8-17-18(12-14)27-13-26-17)21-10-3-11-23-16-5-2-1-4-15(16)22-20(23)25/h1-2,4-6,8,12H,3,7,9-11,13H2,(H,21,24)(H,22,25). The summed E-state index contributed by atoms with van der Waals surface area (Å²) in [5.74, 6) is 1.48. The van der Waals surface area contributed by atoms with E-state index in [1.54, 1.807) is 4.57 Å². The molecule has 1 aliphatic heterocycles. The predicted octanol–water partition coefficient (Wildman–Crippen LogP) is 2.20. The van der Waals surface area contributed by atoms with Gasteiger partial charge in [-0.1, -0.05) is 18.2 Å². The summed E-state index contributed by atoms with van der Waals surface area (Å²) in [7, 11) is 0. The van der Waals surface area contributed by atoms with Crippen molar-refractivity contribution in [3.05, 3.63) is 58.5 Å². The molecule has 2 N–H and O–H groups in total. The number of H-pyrrole nitrogens is 1. The van der Waals surface area contributed by atoms with Crippen LogP contribution in [0.4, 0.5) is 0 Å². The van der Waals surface area contributed by atoms with Gasteiger partial charge in [0.05, 0.1) is 11.0 Å². The van der Waals surface area contributed by atoms with Crippen molar-refractivity contribution in [2.24, 2.45) is 0 Å². The van der Waals surface area contributed by atoms with Gasteiger partial charge in [-0.15, -0.1) is 0 Å². The fourth-order valence-electron chi connectivity index (χ4n) is 3.24. The third-order valence-corrected chi connectivity index (χ3v) is 4.64. The van der Waals surface area contributed by atoms with Gasteiger partial charge in [-0.25, -0.2) is 4.79 Å². The van der Waals surface area contributed by atoms with Gasteiger partial charge < -0.3 is 19.8 Å². The summed E-state index contributed by atoms with van der Waals surface area (Å²) in [6.45, 7) is 1.34. The average Bonchev–Trinajstić information content (AvgIpc) is 3.27. The molecule has 0 radical (unpaired) electrons. The number of amides is 1. The lowest BCUT2D eigenvalue weighted by atomic mass is 10.1. The van der Waals surface area contributed by atoms with Gasteiger partial charge in [-0.05, 0) is 42.7 Å². The molecular formula is C20H21N3O4. The zero-order valence-electron chi connectivity index (χ0n) is 14.9. The number of ether oxygens (including phenoxy) is 2. The largest absolute Gasteiger partial charge is 0.454 e. The fraction of sp³-hybridized carbons (Fsp3) is 0.300. The van der Waals surface area contributed by atoms with Crippen LogP contribution in [0.1, 0.15) is 18.4 Å². The van der Waals surface area contributed by atoms with E-state index in [1.807, 2.05) is 42.5 Å². The third-order valence-electron chi connectivity index (χ3n) is 4.64. The van der Waals surface area contributed by atoms with E-state index in [1.165, 1.54) is 0 Å². The van der Waals surface area contributed by atoms with Crippen molar-refractivity contribution in [2.45, 2.75) is 25.8 Å². The van der Waals surface area contributed by atoms with E-state index in [2.05, 4.69) is 10.3 Å². The van der Waals surface area contributed by atoms with E-state index in [0.717, 1.165) is 28.1 Å². The molecule has 0 aliphatic carbocycles. The molecule has 1 aromatic heterocycles. The van der Waals surface area contributed by atoms with E-state index in [4.69, 9.17) is 9.47 Å². The second-order valence-electron chi connectivity index (χ2n) is 6.49. The van der Waals surface area contributed by atoms with Crippen LogP contribution in [-0.2, 0) is 17.8 Å². The first-order valence-electron chi connectivity index (χ1n) is 9.03. The Hall–Kier alpha value is -3.22. The number of imidazole rings is 1. The highest BCUT2D eigenvalue weighted by atomic mass is 16.7. The summed E-state index contributed by atoms with van der Waals surface area (Å²) in [5.41, 5.74) is 2.64. The van der Waals surface area contributed by atoms with Crippen LogP contribution in [0.3, 0.4) is 0 Å².